The van der Waals surface area contributed by atoms with Crippen molar-refractivity contribution >= 4 is 26.8 Å². The number of aliphatic hydroxyl groups is 1. The van der Waals surface area contributed by atoms with Crippen LogP contribution in [0.2, 0.25) is 0 Å². The van der Waals surface area contributed by atoms with E-state index in [1.165, 1.54) is 11.4 Å². The van der Waals surface area contributed by atoms with Gasteiger partial charge in [-0.05, 0) is 41.7 Å². The van der Waals surface area contributed by atoms with E-state index < -0.39 is 22.0 Å². The minimum Gasteiger partial charge on any atom is -0.468 e. The maximum Gasteiger partial charge on any atom is 0.324 e. The number of piperidine rings is 1. The van der Waals surface area contributed by atoms with E-state index in [0.29, 0.717) is 12.8 Å². The number of aliphatic hydroxyl groups excluding tert-OH is 1. The van der Waals surface area contributed by atoms with Crippen LogP contribution in [0.25, 0.3) is 10.8 Å². The Morgan fingerprint density at radius 1 is 1.20 bits per heavy atom. The number of sulfonamides is 1. The number of methoxy groups -OCH3 is 1. The van der Waals surface area contributed by atoms with Crippen LogP contribution in [0.3, 0.4) is 0 Å². The highest BCUT2D eigenvalue weighted by atomic mass is 32.2. The number of rotatable bonds is 4. The molecule has 0 aromatic heterocycles. The van der Waals surface area contributed by atoms with Gasteiger partial charge in [0.15, 0.2) is 0 Å². The predicted molar refractivity (Wildman–Crippen MR) is 93.5 cm³/mol. The third kappa shape index (κ3) is 3.40. The highest BCUT2D eigenvalue weighted by molar-refractivity contribution is 7.89. The average Bonchev–Trinajstić information content (AvgIpc) is 2.66. The predicted octanol–water partition coefficient (Wildman–Crippen LogP) is 1.77. The van der Waals surface area contributed by atoms with Crippen LogP contribution in [0.4, 0.5) is 0 Å². The van der Waals surface area contributed by atoms with Gasteiger partial charge in [-0.2, -0.15) is 4.31 Å². The highest BCUT2D eigenvalue weighted by Gasteiger charge is 2.41. The molecule has 1 N–H and O–H groups in total. The molecule has 3 rings (SSSR count). The quantitative estimate of drug-likeness (QED) is 0.837. The largest absolute Gasteiger partial charge is 0.468 e. The normalized spacial score (nSPS) is 22.0. The van der Waals surface area contributed by atoms with Crippen LogP contribution in [-0.4, -0.2) is 50.1 Å². The molecule has 6 nitrogen and oxygen atoms in total. The van der Waals surface area contributed by atoms with Gasteiger partial charge in [0.05, 0.1) is 12.0 Å². The second kappa shape index (κ2) is 7.11. The van der Waals surface area contributed by atoms with E-state index >= 15 is 0 Å². The lowest BCUT2D eigenvalue weighted by Crippen LogP contribution is -2.51. The van der Waals surface area contributed by atoms with Crippen molar-refractivity contribution in [3.63, 3.8) is 0 Å². The number of nitrogens with zero attached hydrogens (tertiary/aromatic N) is 1. The van der Waals surface area contributed by atoms with E-state index in [1.54, 1.807) is 18.2 Å². The second-order valence-electron chi connectivity index (χ2n) is 6.25. The molecule has 2 atom stereocenters. The Hall–Kier alpha value is -1.96. The Balaban J connectivity index is 2.02. The Morgan fingerprint density at radius 2 is 1.92 bits per heavy atom. The van der Waals surface area contributed by atoms with Crippen molar-refractivity contribution in [3.8, 4) is 0 Å². The molecule has 2 unspecified atom stereocenters. The molecule has 0 radical (unpaired) electrons. The van der Waals surface area contributed by atoms with Gasteiger partial charge in [0, 0.05) is 13.2 Å². The molecule has 0 amide bonds. The minimum atomic E-state index is -3.88. The maximum atomic E-state index is 13.2. The number of hydrogen-bond acceptors (Lipinski definition) is 5. The lowest BCUT2D eigenvalue weighted by Gasteiger charge is -2.36. The monoisotopic (exact) mass is 363 g/mol. The van der Waals surface area contributed by atoms with E-state index in [-0.39, 0.29) is 24.0 Å². The number of fused-ring (bicyclic) bond motifs is 1. The summed E-state index contributed by atoms with van der Waals surface area (Å²) in [5, 5.41) is 11.2. The molecule has 1 heterocycles. The van der Waals surface area contributed by atoms with E-state index in [1.807, 2.05) is 24.3 Å². The number of carbonyl (C=O) groups is 1. The molecular formula is C18H21NO5S. The molecule has 0 aliphatic carbocycles. The lowest BCUT2D eigenvalue weighted by atomic mass is 9.95. The van der Waals surface area contributed by atoms with Crippen molar-refractivity contribution in [2.24, 2.45) is 5.92 Å². The van der Waals surface area contributed by atoms with Crippen LogP contribution in [-0.2, 0) is 19.6 Å². The van der Waals surface area contributed by atoms with Gasteiger partial charge in [0.1, 0.15) is 6.04 Å². The van der Waals surface area contributed by atoms with Crippen LogP contribution in [0.1, 0.15) is 12.8 Å². The first-order valence-electron chi connectivity index (χ1n) is 8.16. The number of benzene rings is 2. The summed E-state index contributed by atoms with van der Waals surface area (Å²) < 4.78 is 32.3. The summed E-state index contributed by atoms with van der Waals surface area (Å²) >= 11 is 0. The standard InChI is InChI=1S/C18H21NO5S/c1-24-18(21)17-9-6-13(12-20)11-19(17)25(22,23)16-8-7-14-4-2-3-5-15(14)10-16/h2-5,7-8,10,13,17,20H,6,9,11-12H2,1H3. The van der Waals surface area contributed by atoms with Crippen LogP contribution in [0.5, 0.6) is 0 Å². The first-order valence-corrected chi connectivity index (χ1v) is 9.60. The van der Waals surface area contributed by atoms with Gasteiger partial charge in [-0.1, -0.05) is 30.3 Å². The molecule has 25 heavy (non-hydrogen) atoms. The van der Waals surface area contributed by atoms with Gasteiger partial charge in [0.25, 0.3) is 0 Å². The third-order valence-corrected chi connectivity index (χ3v) is 6.56. The first-order chi connectivity index (χ1) is 12.0. The summed E-state index contributed by atoms with van der Waals surface area (Å²) in [6.45, 7) is -0.0109. The molecule has 134 valence electrons. The molecule has 1 saturated heterocycles. The number of hydrogen-bond donors (Lipinski definition) is 1. The molecular weight excluding hydrogens is 342 g/mol. The lowest BCUT2D eigenvalue weighted by molar-refractivity contribution is -0.146. The van der Waals surface area contributed by atoms with Crippen molar-refractivity contribution in [2.75, 3.05) is 20.3 Å². The van der Waals surface area contributed by atoms with E-state index in [9.17, 15) is 18.3 Å². The Bertz CT molecular complexity index is 880. The molecule has 7 heteroatoms. The fraction of sp³-hybridized carbons (Fsp3) is 0.389. The first kappa shape index (κ1) is 17.8. The average molecular weight is 363 g/mol. The van der Waals surface area contributed by atoms with Crippen LogP contribution >= 0.6 is 0 Å². The molecule has 1 aliphatic heterocycles. The number of esters is 1. The third-order valence-electron chi connectivity index (χ3n) is 4.69. The zero-order valence-electron chi connectivity index (χ0n) is 14.0. The van der Waals surface area contributed by atoms with Gasteiger partial charge in [-0.3, -0.25) is 4.79 Å². The van der Waals surface area contributed by atoms with Crippen LogP contribution in [0.15, 0.2) is 47.4 Å². The summed E-state index contributed by atoms with van der Waals surface area (Å²) in [6.07, 6.45) is 0.921. The molecule has 2 aromatic carbocycles. The van der Waals surface area contributed by atoms with Crippen molar-refractivity contribution in [2.45, 2.75) is 23.8 Å². The minimum absolute atomic E-state index is 0.103. The Morgan fingerprint density at radius 3 is 2.60 bits per heavy atom. The van der Waals surface area contributed by atoms with Crippen molar-refractivity contribution in [1.82, 2.24) is 4.31 Å². The number of carbonyl (C=O) groups excluding carboxylic acids is 1. The zero-order valence-corrected chi connectivity index (χ0v) is 14.8. The van der Waals surface area contributed by atoms with Gasteiger partial charge in [-0.15, -0.1) is 0 Å². The van der Waals surface area contributed by atoms with E-state index in [2.05, 4.69) is 0 Å². The summed E-state index contributed by atoms with van der Waals surface area (Å²) in [4.78, 5) is 12.2. The molecule has 1 fully saturated rings. The van der Waals surface area contributed by atoms with Crippen LogP contribution < -0.4 is 0 Å². The number of ether oxygens (including phenoxy) is 1. The molecule has 0 spiro atoms. The van der Waals surface area contributed by atoms with Crippen molar-refractivity contribution in [1.29, 1.82) is 0 Å². The Labute approximate surface area is 147 Å². The van der Waals surface area contributed by atoms with E-state index in [4.69, 9.17) is 4.74 Å². The molecule has 1 aliphatic rings. The van der Waals surface area contributed by atoms with Crippen molar-refractivity contribution < 1.29 is 23.1 Å². The fourth-order valence-electron chi connectivity index (χ4n) is 3.26. The van der Waals surface area contributed by atoms with Gasteiger partial charge >= 0.3 is 5.97 Å². The van der Waals surface area contributed by atoms with Gasteiger partial charge in [-0.25, -0.2) is 8.42 Å². The van der Waals surface area contributed by atoms with Gasteiger partial charge < -0.3 is 9.84 Å². The smallest absolute Gasteiger partial charge is 0.324 e. The zero-order chi connectivity index (χ0) is 18.0. The fourth-order valence-corrected chi connectivity index (χ4v) is 4.98. The maximum absolute atomic E-state index is 13.2. The second-order valence-corrected chi connectivity index (χ2v) is 8.14. The summed E-state index contributed by atoms with van der Waals surface area (Å²) in [7, 11) is -2.63. The van der Waals surface area contributed by atoms with Gasteiger partial charge in [0.2, 0.25) is 10.0 Å². The summed E-state index contributed by atoms with van der Waals surface area (Å²) in [5.41, 5.74) is 0. The summed E-state index contributed by atoms with van der Waals surface area (Å²) in [5.74, 6) is -0.753. The molecule has 2 aromatic rings. The van der Waals surface area contributed by atoms with Crippen molar-refractivity contribution in [3.05, 3.63) is 42.5 Å². The molecule has 0 saturated carbocycles. The van der Waals surface area contributed by atoms with E-state index in [0.717, 1.165) is 10.8 Å². The topological polar surface area (TPSA) is 83.9 Å². The highest BCUT2D eigenvalue weighted by Crippen LogP contribution is 2.30. The Kier molecular flexibility index (Phi) is 5.08. The van der Waals surface area contributed by atoms with Crippen LogP contribution in [0, 0.1) is 5.92 Å². The molecule has 0 bridgehead atoms. The SMILES string of the molecule is COC(=O)C1CCC(CO)CN1S(=O)(=O)c1ccc2ccccc2c1. The summed E-state index contributed by atoms with van der Waals surface area (Å²) in [6, 6.07) is 11.5.